The Labute approximate surface area is 146 Å². The Balaban J connectivity index is 1.60. The molecule has 1 aliphatic rings. The molecule has 2 aromatic rings. The molecule has 1 N–H and O–H groups in total. The van der Waals surface area contributed by atoms with Crippen LogP contribution < -0.4 is 10.1 Å². The topological polar surface area (TPSA) is 21.3 Å². The summed E-state index contributed by atoms with van der Waals surface area (Å²) in [7, 11) is 1.68. The van der Waals surface area contributed by atoms with Gasteiger partial charge in [-0.25, -0.2) is 0 Å². The quantitative estimate of drug-likeness (QED) is 0.715. The van der Waals surface area contributed by atoms with Gasteiger partial charge in [0.15, 0.2) is 0 Å². The number of halogens is 2. The fourth-order valence-electron chi connectivity index (χ4n) is 2.72. The van der Waals surface area contributed by atoms with Crippen molar-refractivity contribution in [3.63, 3.8) is 0 Å². The van der Waals surface area contributed by atoms with Crippen LogP contribution in [0.3, 0.4) is 0 Å². The monoisotopic (exact) mass is 429 g/mol. The molecular formula is C16H17Br2NOS. The third-order valence-corrected chi connectivity index (χ3v) is 6.10. The van der Waals surface area contributed by atoms with Gasteiger partial charge in [-0.05, 0) is 80.4 Å². The molecule has 1 heterocycles. The van der Waals surface area contributed by atoms with E-state index in [2.05, 4.69) is 55.4 Å². The predicted molar refractivity (Wildman–Crippen MR) is 95.3 cm³/mol. The van der Waals surface area contributed by atoms with Gasteiger partial charge in [0.2, 0.25) is 0 Å². The summed E-state index contributed by atoms with van der Waals surface area (Å²) in [6, 6.07) is 6.58. The Morgan fingerprint density at radius 2 is 1.90 bits per heavy atom. The molecule has 2 nitrogen and oxygen atoms in total. The number of ether oxygens (including phenoxy) is 1. The molecule has 0 saturated heterocycles. The normalized spacial score (nSPS) is 13.5. The SMILES string of the molecule is COc1c(Br)cc(CNCc2cc3c(s2)CCC3)cc1Br. The Morgan fingerprint density at radius 1 is 1.14 bits per heavy atom. The highest BCUT2D eigenvalue weighted by atomic mass is 79.9. The highest BCUT2D eigenvalue weighted by molar-refractivity contribution is 9.11. The molecule has 1 aliphatic carbocycles. The summed E-state index contributed by atoms with van der Waals surface area (Å²) in [5, 5.41) is 3.53. The zero-order valence-corrected chi connectivity index (χ0v) is 15.8. The number of hydrogen-bond acceptors (Lipinski definition) is 3. The Hall–Kier alpha value is -0.360. The van der Waals surface area contributed by atoms with Gasteiger partial charge in [0.05, 0.1) is 16.1 Å². The first-order valence-corrected chi connectivity index (χ1v) is 9.40. The molecule has 0 radical (unpaired) electrons. The number of fused-ring (bicyclic) bond motifs is 1. The molecule has 3 rings (SSSR count). The van der Waals surface area contributed by atoms with Gasteiger partial charge in [-0.3, -0.25) is 0 Å². The minimum absolute atomic E-state index is 0.841. The molecule has 0 saturated carbocycles. The third-order valence-electron chi connectivity index (χ3n) is 3.69. The van der Waals surface area contributed by atoms with Crippen LogP contribution in [0.1, 0.15) is 27.3 Å². The molecule has 0 fully saturated rings. The second kappa shape index (κ2) is 6.82. The molecule has 0 aliphatic heterocycles. The number of benzene rings is 1. The van der Waals surface area contributed by atoms with Crippen LogP contribution in [-0.2, 0) is 25.9 Å². The number of methoxy groups -OCH3 is 1. The standard InChI is InChI=1S/C16H17Br2NOS/c1-20-16-13(17)5-10(6-14(16)18)8-19-9-12-7-11-3-2-4-15(11)21-12/h5-7,19H,2-4,8-9H2,1H3. The van der Waals surface area contributed by atoms with E-state index < -0.39 is 0 Å². The fraction of sp³-hybridized carbons (Fsp3) is 0.375. The Kier molecular flexibility index (Phi) is 5.04. The first-order valence-electron chi connectivity index (χ1n) is 7.00. The van der Waals surface area contributed by atoms with Crippen LogP contribution in [0.25, 0.3) is 0 Å². The largest absolute Gasteiger partial charge is 0.494 e. The molecular weight excluding hydrogens is 414 g/mol. The number of hydrogen-bond donors (Lipinski definition) is 1. The van der Waals surface area contributed by atoms with Gasteiger partial charge in [-0.1, -0.05) is 0 Å². The molecule has 0 bridgehead atoms. The number of rotatable bonds is 5. The van der Waals surface area contributed by atoms with E-state index in [0.29, 0.717) is 0 Å². The van der Waals surface area contributed by atoms with Crippen molar-refractivity contribution < 1.29 is 4.74 Å². The molecule has 1 aromatic heterocycles. The van der Waals surface area contributed by atoms with E-state index in [0.717, 1.165) is 27.8 Å². The van der Waals surface area contributed by atoms with Crippen LogP contribution >= 0.6 is 43.2 Å². The predicted octanol–water partition coefficient (Wildman–Crippen LogP) is 5.06. The van der Waals surface area contributed by atoms with Crippen molar-refractivity contribution >= 4 is 43.2 Å². The van der Waals surface area contributed by atoms with Gasteiger partial charge >= 0.3 is 0 Å². The van der Waals surface area contributed by atoms with E-state index in [1.807, 2.05) is 11.3 Å². The second-order valence-corrected chi connectivity index (χ2v) is 8.14. The van der Waals surface area contributed by atoms with Crippen LogP contribution in [0.2, 0.25) is 0 Å². The van der Waals surface area contributed by atoms with Crippen molar-refractivity contribution in [2.45, 2.75) is 32.4 Å². The molecule has 21 heavy (non-hydrogen) atoms. The smallest absolute Gasteiger partial charge is 0.147 e. The van der Waals surface area contributed by atoms with Crippen LogP contribution in [0.4, 0.5) is 0 Å². The molecule has 0 atom stereocenters. The van der Waals surface area contributed by atoms with Crippen molar-refractivity contribution in [1.29, 1.82) is 0 Å². The van der Waals surface area contributed by atoms with E-state index in [1.165, 1.54) is 29.7 Å². The fourth-order valence-corrected chi connectivity index (χ4v) is 5.55. The average Bonchev–Trinajstić information content (AvgIpc) is 2.99. The summed E-state index contributed by atoms with van der Waals surface area (Å²) >= 11 is 9.06. The van der Waals surface area contributed by atoms with Crippen LogP contribution in [0.5, 0.6) is 5.75 Å². The summed E-state index contributed by atoms with van der Waals surface area (Å²) in [4.78, 5) is 3.05. The van der Waals surface area contributed by atoms with E-state index in [1.54, 1.807) is 17.6 Å². The summed E-state index contributed by atoms with van der Waals surface area (Å²) in [5.74, 6) is 0.841. The number of aryl methyl sites for hydroxylation is 2. The third kappa shape index (κ3) is 3.52. The van der Waals surface area contributed by atoms with Gasteiger partial charge in [-0.2, -0.15) is 0 Å². The van der Waals surface area contributed by atoms with Gasteiger partial charge in [-0.15, -0.1) is 11.3 Å². The van der Waals surface area contributed by atoms with Crippen molar-refractivity contribution in [2.24, 2.45) is 0 Å². The van der Waals surface area contributed by atoms with E-state index >= 15 is 0 Å². The zero-order valence-electron chi connectivity index (χ0n) is 11.8. The maximum absolute atomic E-state index is 5.33. The molecule has 0 spiro atoms. The molecule has 1 aromatic carbocycles. The lowest BCUT2D eigenvalue weighted by Crippen LogP contribution is -2.12. The minimum Gasteiger partial charge on any atom is -0.494 e. The van der Waals surface area contributed by atoms with Crippen molar-refractivity contribution in [3.05, 3.63) is 48.0 Å². The van der Waals surface area contributed by atoms with Gasteiger partial charge in [0.25, 0.3) is 0 Å². The number of thiophene rings is 1. The van der Waals surface area contributed by atoms with Crippen molar-refractivity contribution in [2.75, 3.05) is 7.11 Å². The lowest BCUT2D eigenvalue weighted by Gasteiger charge is -2.10. The summed E-state index contributed by atoms with van der Waals surface area (Å²) < 4.78 is 7.28. The maximum Gasteiger partial charge on any atom is 0.147 e. The lowest BCUT2D eigenvalue weighted by atomic mass is 10.2. The van der Waals surface area contributed by atoms with Crippen LogP contribution in [0.15, 0.2) is 27.1 Å². The maximum atomic E-state index is 5.33. The second-order valence-electron chi connectivity index (χ2n) is 5.21. The van der Waals surface area contributed by atoms with Gasteiger partial charge < -0.3 is 10.1 Å². The molecule has 0 unspecified atom stereocenters. The highest BCUT2D eigenvalue weighted by Crippen LogP contribution is 2.34. The number of nitrogens with one attached hydrogen (secondary N) is 1. The van der Waals surface area contributed by atoms with Crippen molar-refractivity contribution in [1.82, 2.24) is 5.32 Å². The summed E-state index contributed by atoms with van der Waals surface area (Å²) in [6.45, 7) is 1.79. The van der Waals surface area contributed by atoms with Crippen molar-refractivity contribution in [3.8, 4) is 5.75 Å². The van der Waals surface area contributed by atoms with E-state index in [-0.39, 0.29) is 0 Å². The summed E-state index contributed by atoms with van der Waals surface area (Å²) in [5.41, 5.74) is 2.81. The zero-order chi connectivity index (χ0) is 14.8. The molecule has 5 heteroatoms. The highest BCUT2D eigenvalue weighted by Gasteiger charge is 2.14. The lowest BCUT2D eigenvalue weighted by molar-refractivity contribution is 0.409. The Bertz CT molecular complexity index is 609. The van der Waals surface area contributed by atoms with E-state index in [9.17, 15) is 0 Å². The average molecular weight is 431 g/mol. The van der Waals surface area contributed by atoms with E-state index in [4.69, 9.17) is 4.74 Å². The molecule has 0 amide bonds. The minimum atomic E-state index is 0.841. The molecule has 112 valence electrons. The van der Waals surface area contributed by atoms with Crippen LogP contribution in [0, 0.1) is 0 Å². The Morgan fingerprint density at radius 3 is 2.57 bits per heavy atom. The van der Waals surface area contributed by atoms with Gasteiger partial charge in [0, 0.05) is 22.8 Å². The van der Waals surface area contributed by atoms with Gasteiger partial charge in [0.1, 0.15) is 5.75 Å². The van der Waals surface area contributed by atoms with Crippen LogP contribution in [-0.4, -0.2) is 7.11 Å². The first kappa shape index (κ1) is 15.5. The first-order chi connectivity index (χ1) is 10.2. The summed E-state index contributed by atoms with van der Waals surface area (Å²) in [6.07, 6.45) is 3.88.